The van der Waals surface area contributed by atoms with Gasteiger partial charge in [0.05, 0.1) is 0 Å². The van der Waals surface area contributed by atoms with Crippen LogP contribution in [0.1, 0.15) is 27.2 Å². The molecule has 0 aromatic carbocycles. The lowest BCUT2D eigenvalue weighted by Crippen LogP contribution is -2.60. The molecule has 1 heterocycles. The van der Waals surface area contributed by atoms with Crippen LogP contribution in [0, 0.1) is 0 Å². The minimum atomic E-state index is -0.689. The van der Waals surface area contributed by atoms with Gasteiger partial charge in [-0.3, -0.25) is 9.69 Å². The van der Waals surface area contributed by atoms with Gasteiger partial charge in [0.25, 0.3) is 0 Å². The first kappa shape index (κ1) is 11.7. The fourth-order valence-electron chi connectivity index (χ4n) is 1.45. The molecule has 0 aromatic rings. The molecule has 0 amide bonds. The molecule has 1 atom stereocenters. The van der Waals surface area contributed by atoms with Gasteiger partial charge >= 0.3 is 5.97 Å². The molecular formula is C8H16ClNO2. The monoisotopic (exact) mass is 193 g/mol. The summed E-state index contributed by atoms with van der Waals surface area (Å²) in [4.78, 5) is 12.6. The highest BCUT2D eigenvalue weighted by molar-refractivity contribution is 5.85. The number of carboxylic acid groups (broad SMARTS) is 1. The zero-order valence-corrected chi connectivity index (χ0v) is 8.52. The number of nitrogens with zero attached hydrogens (tertiary/aromatic N) is 1. The summed E-state index contributed by atoms with van der Waals surface area (Å²) in [7, 11) is 0. The Morgan fingerprint density at radius 1 is 1.50 bits per heavy atom. The van der Waals surface area contributed by atoms with Crippen molar-refractivity contribution >= 4 is 18.4 Å². The Labute approximate surface area is 79.2 Å². The third kappa shape index (κ3) is 2.11. The van der Waals surface area contributed by atoms with Crippen LogP contribution >= 0.6 is 12.4 Å². The van der Waals surface area contributed by atoms with E-state index in [9.17, 15) is 4.79 Å². The van der Waals surface area contributed by atoms with Crippen LogP contribution in [0.3, 0.4) is 0 Å². The molecule has 1 rings (SSSR count). The second-order valence-corrected chi connectivity index (χ2v) is 4.01. The van der Waals surface area contributed by atoms with Crippen LogP contribution in [0.4, 0.5) is 0 Å². The molecule has 1 fully saturated rings. The first-order valence-corrected chi connectivity index (χ1v) is 3.92. The topological polar surface area (TPSA) is 40.5 Å². The summed E-state index contributed by atoms with van der Waals surface area (Å²) in [6.07, 6.45) is 0.798. The van der Waals surface area contributed by atoms with E-state index < -0.39 is 5.97 Å². The normalized spacial score (nSPS) is 24.1. The molecule has 0 saturated carbocycles. The Kier molecular flexibility index (Phi) is 3.54. The van der Waals surface area contributed by atoms with Crippen molar-refractivity contribution in [2.45, 2.75) is 38.8 Å². The second-order valence-electron chi connectivity index (χ2n) is 4.01. The van der Waals surface area contributed by atoms with Crippen molar-refractivity contribution in [1.82, 2.24) is 4.90 Å². The number of likely N-dealkylation sites (tertiary alicyclic amines) is 1. The van der Waals surface area contributed by atoms with E-state index in [1.807, 2.05) is 25.7 Å². The van der Waals surface area contributed by atoms with Crippen LogP contribution < -0.4 is 0 Å². The Morgan fingerprint density at radius 2 is 2.00 bits per heavy atom. The van der Waals surface area contributed by atoms with Crippen LogP contribution in [0.15, 0.2) is 0 Å². The van der Waals surface area contributed by atoms with Gasteiger partial charge in [-0.1, -0.05) is 0 Å². The lowest BCUT2D eigenvalue weighted by atomic mass is 9.93. The van der Waals surface area contributed by atoms with Gasteiger partial charge < -0.3 is 5.11 Å². The van der Waals surface area contributed by atoms with Gasteiger partial charge in [-0.25, -0.2) is 0 Å². The van der Waals surface area contributed by atoms with Gasteiger partial charge in [0.1, 0.15) is 6.04 Å². The molecule has 1 unspecified atom stereocenters. The maximum absolute atomic E-state index is 10.6. The van der Waals surface area contributed by atoms with Crippen molar-refractivity contribution in [1.29, 1.82) is 0 Å². The minimum Gasteiger partial charge on any atom is -0.480 e. The van der Waals surface area contributed by atoms with Crippen LogP contribution in [-0.2, 0) is 4.79 Å². The zero-order chi connectivity index (χ0) is 8.65. The van der Waals surface area contributed by atoms with Gasteiger partial charge in [0.15, 0.2) is 0 Å². The van der Waals surface area contributed by atoms with Crippen molar-refractivity contribution in [3.8, 4) is 0 Å². The zero-order valence-electron chi connectivity index (χ0n) is 7.70. The molecule has 1 saturated heterocycles. The Bertz CT molecular complexity index is 176. The molecule has 3 nitrogen and oxygen atoms in total. The van der Waals surface area contributed by atoms with E-state index >= 15 is 0 Å². The molecule has 0 bridgehead atoms. The molecule has 0 spiro atoms. The summed E-state index contributed by atoms with van der Waals surface area (Å²) < 4.78 is 0. The predicted octanol–water partition coefficient (Wildman–Crippen LogP) is 1.37. The summed E-state index contributed by atoms with van der Waals surface area (Å²) in [5, 5.41) is 8.73. The summed E-state index contributed by atoms with van der Waals surface area (Å²) in [6.45, 7) is 7.05. The van der Waals surface area contributed by atoms with E-state index in [-0.39, 0.29) is 24.0 Å². The fourth-order valence-corrected chi connectivity index (χ4v) is 1.45. The summed E-state index contributed by atoms with van der Waals surface area (Å²) in [5.41, 5.74) is 0.00130. The van der Waals surface area contributed by atoms with Crippen LogP contribution in [0.2, 0.25) is 0 Å². The van der Waals surface area contributed by atoms with Gasteiger partial charge in [0.2, 0.25) is 0 Å². The molecule has 4 heteroatoms. The average Bonchev–Trinajstić information content (AvgIpc) is 1.51. The van der Waals surface area contributed by atoms with Gasteiger partial charge in [-0.15, -0.1) is 12.4 Å². The van der Waals surface area contributed by atoms with E-state index in [0.717, 1.165) is 13.0 Å². The van der Waals surface area contributed by atoms with E-state index in [1.54, 1.807) is 0 Å². The maximum atomic E-state index is 10.6. The standard InChI is InChI=1S/C8H15NO2.ClH/c1-8(2,3)9-5-4-6(9)7(10)11;/h6H,4-5H2,1-3H3,(H,10,11);1H. The molecule has 72 valence electrons. The smallest absolute Gasteiger partial charge is 0.320 e. The van der Waals surface area contributed by atoms with Crippen molar-refractivity contribution in [3.05, 3.63) is 0 Å². The number of hydrogen-bond donors (Lipinski definition) is 1. The number of carboxylic acids is 1. The molecule has 0 radical (unpaired) electrons. The van der Waals surface area contributed by atoms with Crippen molar-refractivity contribution in [3.63, 3.8) is 0 Å². The molecule has 12 heavy (non-hydrogen) atoms. The fraction of sp³-hybridized carbons (Fsp3) is 0.875. The maximum Gasteiger partial charge on any atom is 0.320 e. The Hall–Kier alpha value is -0.280. The third-order valence-electron chi connectivity index (χ3n) is 2.17. The average molecular weight is 194 g/mol. The summed E-state index contributed by atoms with van der Waals surface area (Å²) in [6, 6.07) is -0.241. The van der Waals surface area contributed by atoms with Crippen LogP contribution in [-0.4, -0.2) is 34.1 Å². The van der Waals surface area contributed by atoms with E-state index in [4.69, 9.17) is 5.11 Å². The number of aliphatic carboxylic acids is 1. The molecule has 1 aliphatic heterocycles. The first-order valence-electron chi connectivity index (χ1n) is 3.92. The lowest BCUT2D eigenvalue weighted by molar-refractivity contribution is -0.152. The predicted molar refractivity (Wildman–Crippen MR) is 49.7 cm³/mol. The first-order chi connectivity index (χ1) is 4.93. The highest BCUT2D eigenvalue weighted by Crippen LogP contribution is 2.27. The lowest BCUT2D eigenvalue weighted by Gasteiger charge is -2.47. The quantitative estimate of drug-likeness (QED) is 0.684. The molecule has 0 aromatic heterocycles. The van der Waals surface area contributed by atoms with E-state index in [0.29, 0.717) is 0 Å². The molecule has 1 N–H and O–H groups in total. The number of halogens is 1. The van der Waals surface area contributed by atoms with Gasteiger partial charge in [-0.2, -0.15) is 0 Å². The summed E-state index contributed by atoms with van der Waals surface area (Å²) >= 11 is 0. The largest absolute Gasteiger partial charge is 0.480 e. The van der Waals surface area contributed by atoms with Gasteiger partial charge in [0, 0.05) is 12.1 Å². The number of carbonyl (C=O) groups is 1. The molecule has 1 aliphatic rings. The van der Waals surface area contributed by atoms with Crippen LogP contribution in [0.25, 0.3) is 0 Å². The number of rotatable bonds is 1. The van der Waals surface area contributed by atoms with E-state index in [2.05, 4.69) is 0 Å². The van der Waals surface area contributed by atoms with Crippen molar-refractivity contribution in [2.24, 2.45) is 0 Å². The summed E-state index contributed by atoms with van der Waals surface area (Å²) in [5.74, 6) is -0.689. The third-order valence-corrected chi connectivity index (χ3v) is 2.17. The Morgan fingerprint density at radius 3 is 2.08 bits per heavy atom. The highest BCUT2D eigenvalue weighted by Gasteiger charge is 2.40. The van der Waals surface area contributed by atoms with Gasteiger partial charge in [-0.05, 0) is 27.2 Å². The SMILES string of the molecule is CC(C)(C)N1CCC1C(=O)O.Cl. The Balaban J connectivity index is 0.00000121. The van der Waals surface area contributed by atoms with Crippen molar-refractivity contribution < 1.29 is 9.90 Å². The highest BCUT2D eigenvalue weighted by atomic mass is 35.5. The van der Waals surface area contributed by atoms with E-state index in [1.165, 1.54) is 0 Å². The minimum absolute atomic E-state index is 0. The molecule has 0 aliphatic carbocycles. The van der Waals surface area contributed by atoms with Crippen LogP contribution in [0.5, 0.6) is 0 Å². The van der Waals surface area contributed by atoms with Crippen molar-refractivity contribution in [2.75, 3.05) is 6.54 Å². The molecular weight excluding hydrogens is 178 g/mol. The second kappa shape index (κ2) is 3.62. The number of hydrogen-bond acceptors (Lipinski definition) is 2.